The first kappa shape index (κ1) is 18.0. The largest absolute Gasteiger partial charge is 0.497 e. The number of fused-ring (bicyclic) bond motifs is 2. The number of likely N-dealkylation sites (tertiary alicyclic amines) is 1. The smallest absolute Gasteiger partial charge is 0.255 e. The molecule has 0 aliphatic carbocycles. The highest BCUT2D eigenvalue weighted by molar-refractivity contribution is 9.10. The molecule has 0 N–H and O–H groups in total. The summed E-state index contributed by atoms with van der Waals surface area (Å²) in [5.41, 5.74) is 0.583. The van der Waals surface area contributed by atoms with Gasteiger partial charge in [0.1, 0.15) is 11.6 Å². The van der Waals surface area contributed by atoms with Crippen molar-refractivity contribution in [1.29, 1.82) is 0 Å². The monoisotopic (exact) mass is 432 g/mol. The van der Waals surface area contributed by atoms with Gasteiger partial charge in [0.15, 0.2) is 5.54 Å². The Morgan fingerprint density at radius 1 is 1.22 bits per heavy atom. The third kappa shape index (κ3) is 2.56. The Bertz CT molecular complexity index is 947. The Morgan fingerprint density at radius 3 is 2.52 bits per heavy atom. The maximum absolute atomic E-state index is 14.0. The number of nitrogens with zero attached hydrogens (tertiary/aromatic N) is 2. The number of carbonyl (C=O) groups is 2. The van der Waals surface area contributed by atoms with Crippen LogP contribution in [0.5, 0.6) is 5.75 Å². The summed E-state index contributed by atoms with van der Waals surface area (Å²) in [7, 11) is 3.31. The van der Waals surface area contributed by atoms with Gasteiger partial charge in [0, 0.05) is 42.2 Å². The Morgan fingerprint density at radius 2 is 1.93 bits per heavy atom. The number of halogens is 2. The number of benzene rings is 2. The quantitative estimate of drug-likeness (QED) is 0.747. The standard InChI is InChI=1S/C20H18BrFN2O3/c1-23-8-7-20(19(23)26)17-15(9-13(22)10-16(17)21)18(25)24(20)11-12-3-5-14(27-2)6-4-12/h3-6,9-10H,7-8,11H2,1-2H3/t20-/m1/s1. The highest BCUT2D eigenvalue weighted by atomic mass is 79.9. The van der Waals surface area contributed by atoms with Crippen LogP contribution in [0.3, 0.4) is 0 Å². The number of hydrogen-bond donors (Lipinski definition) is 0. The molecule has 1 fully saturated rings. The second-order valence-electron chi connectivity index (χ2n) is 6.89. The van der Waals surface area contributed by atoms with Gasteiger partial charge in [-0.05, 0) is 29.8 Å². The van der Waals surface area contributed by atoms with E-state index in [1.807, 2.05) is 24.3 Å². The molecule has 4 rings (SSSR count). The molecular formula is C20H18BrFN2O3. The third-order valence-electron chi connectivity index (χ3n) is 5.41. The van der Waals surface area contributed by atoms with Gasteiger partial charge in [0.2, 0.25) is 0 Å². The summed E-state index contributed by atoms with van der Waals surface area (Å²) in [5.74, 6) is -0.264. The van der Waals surface area contributed by atoms with Gasteiger partial charge in [0.05, 0.1) is 7.11 Å². The highest BCUT2D eigenvalue weighted by Crippen LogP contribution is 2.49. The molecule has 0 unspecified atom stereocenters. The van der Waals surface area contributed by atoms with Crippen LogP contribution in [0.1, 0.15) is 27.9 Å². The number of amides is 2. The van der Waals surface area contributed by atoms with Crippen molar-refractivity contribution in [3.63, 3.8) is 0 Å². The molecule has 2 amide bonds. The van der Waals surface area contributed by atoms with Crippen molar-refractivity contribution in [1.82, 2.24) is 9.80 Å². The van der Waals surface area contributed by atoms with Crippen LogP contribution in [0, 0.1) is 5.82 Å². The fraction of sp³-hybridized carbons (Fsp3) is 0.300. The average Bonchev–Trinajstić information content (AvgIpc) is 3.07. The lowest BCUT2D eigenvalue weighted by atomic mass is 9.87. The van der Waals surface area contributed by atoms with E-state index in [0.717, 1.165) is 5.56 Å². The van der Waals surface area contributed by atoms with E-state index in [4.69, 9.17) is 4.74 Å². The molecule has 1 spiro atoms. The SMILES string of the molecule is COc1ccc(CN2C(=O)c3cc(F)cc(Br)c3[C@@]23CCN(C)C3=O)cc1. The fourth-order valence-corrected chi connectivity index (χ4v) is 4.83. The molecule has 1 atom stereocenters. The molecule has 0 bridgehead atoms. The Labute approximate surface area is 164 Å². The molecular weight excluding hydrogens is 415 g/mol. The zero-order valence-electron chi connectivity index (χ0n) is 15.0. The van der Waals surface area contributed by atoms with E-state index in [0.29, 0.717) is 28.8 Å². The second kappa shape index (κ2) is 6.34. The molecule has 140 valence electrons. The molecule has 2 heterocycles. The third-order valence-corrected chi connectivity index (χ3v) is 6.04. The van der Waals surface area contributed by atoms with E-state index < -0.39 is 11.4 Å². The van der Waals surface area contributed by atoms with Crippen LogP contribution in [-0.4, -0.2) is 42.3 Å². The molecule has 2 aromatic rings. The topological polar surface area (TPSA) is 49.9 Å². The van der Waals surface area contributed by atoms with Crippen molar-refractivity contribution in [2.75, 3.05) is 20.7 Å². The highest BCUT2D eigenvalue weighted by Gasteiger charge is 2.59. The molecule has 1 saturated heterocycles. The van der Waals surface area contributed by atoms with Crippen molar-refractivity contribution in [2.45, 2.75) is 18.5 Å². The van der Waals surface area contributed by atoms with Gasteiger partial charge >= 0.3 is 0 Å². The molecule has 5 nitrogen and oxygen atoms in total. The summed E-state index contributed by atoms with van der Waals surface area (Å²) in [4.78, 5) is 29.6. The van der Waals surface area contributed by atoms with E-state index in [-0.39, 0.29) is 23.9 Å². The van der Waals surface area contributed by atoms with Gasteiger partial charge in [0.25, 0.3) is 11.8 Å². The van der Waals surface area contributed by atoms with Gasteiger partial charge in [-0.3, -0.25) is 9.59 Å². The van der Waals surface area contributed by atoms with Crippen molar-refractivity contribution < 1.29 is 18.7 Å². The summed E-state index contributed by atoms with van der Waals surface area (Å²) >= 11 is 3.38. The van der Waals surface area contributed by atoms with E-state index in [1.165, 1.54) is 12.1 Å². The molecule has 7 heteroatoms. The molecule has 27 heavy (non-hydrogen) atoms. The second-order valence-corrected chi connectivity index (χ2v) is 7.74. The van der Waals surface area contributed by atoms with E-state index in [2.05, 4.69) is 15.9 Å². The van der Waals surface area contributed by atoms with E-state index in [9.17, 15) is 14.0 Å². The molecule has 0 saturated carbocycles. The maximum atomic E-state index is 14.0. The van der Waals surface area contributed by atoms with Crippen molar-refractivity contribution in [3.05, 3.63) is 63.4 Å². The van der Waals surface area contributed by atoms with E-state index in [1.54, 1.807) is 24.0 Å². The van der Waals surface area contributed by atoms with Crippen LogP contribution >= 0.6 is 15.9 Å². The summed E-state index contributed by atoms with van der Waals surface area (Å²) in [6.07, 6.45) is 0.474. The maximum Gasteiger partial charge on any atom is 0.255 e. The number of ether oxygens (including phenoxy) is 1. The molecule has 2 aromatic carbocycles. The number of likely N-dealkylation sites (N-methyl/N-ethyl adjacent to an activating group) is 1. The number of methoxy groups -OCH3 is 1. The Balaban J connectivity index is 1.84. The van der Waals surface area contributed by atoms with Gasteiger partial charge < -0.3 is 14.5 Å². The predicted octanol–water partition coefficient (Wildman–Crippen LogP) is 3.31. The Hall–Kier alpha value is -2.41. The van der Waals surface area contributed by atoms with Crippen LogP contribution in [-0.2, 0) is 16.9 Å². The molecule has 0 radical (unpaired) electrons. The lowest BCUT2D eigenvalue weighted by Gasteiger charge is -2.34. The molecule has 2 aliphatic heterocycles. The number of hydrogen-bond acceptors (Lipinski definition) is 3. The summed E-state index contributed by atoms with van der Waals surface area (Å²) in [6.45, 7) is 0.791. The first-order chi connectivity index (χ1) is 12.9. The Kier molecular flexibility index (Phi) is 4.22. The lowest BCUT2D eigenvalue weighted by molar-refractivity contribution is -0.136. The fourth-order valence-electron chi connectivity index (χ4n) is 4.07. The predicted molar refractivity (Wildman–Crippen MR) is 101 cm³/mol. The molecule has 0 aromatic heterocycles. The van der Waals surface area contributed by atoms with Crippen molar-refractivity contribution in [3.8, 4) is 5.75 Å². The van der Waals surface area contributed by atoms with Crippen LogP contribution < -0.4 is 4.74 Å². The summed E-state index contributed by atoms with van der Waals surface area (Å²) < 4.78 is 19.6. The zero-order valence-corrected chi connectivity index (χ0v) is 16.5. The van der Waals surface area contributed by atoms with E-state index >= 15 is 0 Å². The summed E-state index contributed by atoms with van der Waals surface area (Å²) in [6, 6.07) is 9.89. The molecule has 2 aliphatic rings. The van der Waals surface area contributed by atoms with Gasteiger partial charge in [-0.2, -0.15) is 0 Å². The van der Waals surface area contributed by atoms with Crippen LogP contribution in [0.2, 0.25) is 0 Å². The van der Waals surface area contributed by atoms with Crippen LogP contribution in [0.25, 0.3) is 0 Å². The van der Waals surface area contributed by atoms with Gasteiger partial charge in [-0.15, -0.1) is 0 Å². The minimum Gasteiger partial charge on any atom is -0.497 e. The lowest BCUT2D eigenvalue weighted by Crippen LogP contribution is -2.48. The summed E-state index contributed by atoms with van der Waals surface area (Å²) in [5, 5.41) is 0. The van der Waals surface area contributed by atoms with Crippen LogP contribution in [0.4, 0.5) is 4.39 Å². The minimum absolute atomic E-state index is 0.143. The number of carbonyl (C=O) groups excluding carboxylic acids is 2. The first-order valence-corrected chi connectivity index (χ1v) is 9.38. The first-order valence-electron chi connectivity index (χ1n) is 8.58. The van der Waals surface area contributed by atoms with Crippen molar-refractivity contribution in [2.24, 2.45) is 0 Å². The minimum atomic E-state index is -1.10. The van der Waals surface area contributed by atoms with Crippen LogP contribution in [0.15, 0.2) is 40.9 Å². The number of rotatable bonds is 3. The van der Waals surface area contributed by atoms with Crippen molar-refractivity contribution >= 4 is 27.7 Å². The average molecular weight is 433 g/mol. The zero-order chi connectivity index (χ0) is 19.3. The van der Waals surface area contributed by atoms with Gasteiger partial charge in [-0.1, -0.05) is 28.1 Å². The van der Waals surface area contributed by atoms with Gasteiger partial charge in [-0.25, -0.2) is 4.39 Å². The normalized spacial score (nSPS) is 21.3.